The Labute approximate surface area is 147 Å². The molecular formula is C19H18N2O3S. The van der Waals surface area contributed by atoms with Crippen molar-refractivity contribution in [3.8, 4) is 17.2 Å². The summed E-state index contributed by atoms with van der Waals surface area (Å²) in [4.78, 5) is 14.5. The van der Waals surface area contributed by atoms with Crippen LogP contribution in [0.5, 0.6) is 0 Å². The minimum Gasteiger partial charge on any atom is -0.338 e. The third kappa shape index (κ3) is 3.42. The first-order valence-corrected chi connectivity index (χ1v) is 9.81. The molecule has 0 spiro atoms. The standard InChI is InChI=1S/C19H18N2O3S/c1-21(15-10-11-25(23,24)13-15)19(22)18-9-5-4-8-17(18)16-7-3-2-6-14(16)12-20/h2-9,15H,10-11,13H2,1H3. The summed E-state index contributed by atoms with van der Waals surface area (Å²) in [5.74, 6) is -0.106. The number of amides is 1. The molecule has 0 N–H and O–H groups in total. The zero-order valence-corrected chi connectivity index (χ0v) is 14.7. The average Bonchev–Trinajstić information content (AvgIpc) is 3.00. The lowest BCUT2D eigenvalue weighted by Crippen LogP contribution is -2.38. The van der Waals surface area contributed by atoms with Crippen LogP contribution in [0.15, 0.2) is 48.5 Å². The predicted molar refractivity (Wildman–Crippen MR) is 95.7 cm³/mol. The Morgan fingerprint density at radius 3 is 2.40 bits per heavy atom. The van der Waals surface area contributed by atoms with Crippen LogP contribution < -0.4 is 0 Å². The largest absolute Gasteiger partial charge is 0.338 e. The molecule has 1 aliphatic rings. The fourth-order valence-electron chi connectivity index (χ4n) is 3.16. The van der Waals surface area contributed by atoms with Crippen LogP contribution in [0.4, 0.5) is 0 Å². The van der Waals surface area contributed by atoms with Crippen molar-refractivity contribution < 1.29 is 13.2 Å². The molecule has 1 aliphatic heterocycles. The van der Waals surface area contributed by atoms with Gasteiger partial charge in [-0.05, 0) is 24.1 Å². The highest BCUT2D eigenvalue weighted by molar-refractivity contribution is 7.91. The zero-order chi connectivity index (χ0) is 18.0. The molecule has 2 aromatic carbocycles. The maximum Gasteiger partial charge on any atom is 0.254 e. The predicted octanol–water partition coefficient (Wildman–Crippen LogP) is 2.48. The number of nitrogens with zero attached hydrogens (tertiary/aromatic N) is 2. The van der Waals surface area contributed by atoms with Gasteiger partial charge in [-0.15, -0.1) is 0 Å². The molecule has 1 unspecified atom stereocenters. The van der Waals surface area contributed by atoms with Crippen LogP contribution in [0.25, 0.3) is 11.1 Å². The highest BCUT2D eigenvalue weighted by Crippen LogP contribution is 2.28. The van der Waals surface area contributed by atoms with Gasteiger partial charge < -0.3 is 4.90 Å². The Morgan fingerprint density at radius 2 is 1.76 bits per heavy atom. The van der Waals surface area contributed by atoms with Crippen LogP contribution in [0.3, 0.4) is 0 Å². The smallest absolute Gasteiger partial charge is 0.254 e. The van der Waals surface area contributed by atoms with E-state index in [0.29, 0.717) is 28.7 Å². The molecule has 25 heavy (non-hydrogen) atoms. The zero-order valence-electron chi connectivity index (χ0n) is 13.8. The molecule has 128 valence electrons. The van der Waals surface area contributed by atoms with E-state index in [9.17, 15) is 18.5 Å². The number of benzene rings is 2. The van der Waals surface area contributed by atoms with Crippen molar-refractivity contribution in [3.63, 3.8) is 0 Å². The van der Waals surface area contributed by atoms with Gasteiger partial charge in [0.15, 0.2) is 9.84 Å². The van der Waals surface area contributed by atoms with Gasteiger partial charge in [-0.2, -0.15) is 5.26 Å². The van der Waals surface area contributed by atoms with Gasteiger partial charge >= 0.3 is 0 Å². The molecule has 6 heteroatoms. The Kier molecular flexibility index (Phi) is 4.60. The van der Waals surface area contributed by atoms with Crippen molar-refractivity contribution in [1.82, 2.24) is 4.90 Å². The van der Waals surface area contributed by atoms with Crippen LogP contribution in [0.2, 0.25) is 0 Å². The lowest BCUT2D eigenvalue weighted by Gasteiger charge is -2.24. The van der Waals surface area contributed by atoms with Gasteiger partial charge in [0, 0.05) is 24.2 Å². The fourth-order valence-corrected chi connectivity index (χ4v) is 4.93. The minimum atomic E-state index is -3.07. The van der Waals surface area contributed by atoms with Gasteiger partial charge in [-0.25, -0.2) is 8.42 Å². The Balaban J connectivity index is 1.99. The van der Waals surface area contributed by atoms with E-state index in [-0.39, 0.29) is 23.5 Å². The second-order valence-corrected chi connectivity index (χ2v) is 8.40. The van der Waals surface area contributed by atoms with Crippen LogP contribution in [-0.4, -0.2) is 43.8 Å². The van der Waals surface area contributed by atoms with Crippen LogP contribution in [0.1, 0.15) is 22.3 Å². The molecule has 0 aromatic heterocycles. The maximum absolute atomic E-state index is 13.0. The van der Waals surface area contributed by atoms with Gasteiger partial charge in [0.25, 0.3) is 5.91 Å². The van der Waals surface area contributed by atoms with Gasteiger partial charge in [0.05, 0.1) is 23.1 Å². The molecule has 3 rings (SSSR count). The summed E-state index contributed by atoms with van der Waals surface area (Å²) in [7, 11) is -1.43. The number of hydrogen-bond donors (Lipinski definition) is 0. The lowest BCUT2D eigenvalue weighted by atomic mass is 9.95. The van der Waals surface area contributed by atoms with Crippen molar-refractivity contribution in [1.29, 1.82) is 5.26 Å². The minimum absolute atomic E-state index is 0.00614. The van der Waals surface area contributed by atoms with E-state index in [1.807, 2.05) is 24.3 Å². The van der Waals surface area contributed by atoms with Crippen LogP contribution in [-0.2, 0) is 9.84 Å². The molecule has 0 radical (unpaired) electrons. The van der Waals surface area contributed by atoms with Crippen LogP contribution in [0, 0.1) is 11.3 Å². The Morgan fingerprint density at radius 1 is 1.12 bits per heavy atom. The molecule has 5 nitrogen and oxygen atoms in total. The van der Waals surface area contributed by atoms with Gasteiger partial charge in [-0.1, -0.05) is 36.4 Å². The van der Waals surface area contributed by atoms with E-state index >= 15 is 0 Å². The SMILES string of the molecule is CN(C(=O)c1ccccc1-c1ccccc1C#N)C1CCS(=O)(=O)C1. The summed E-state index contributed by atoms with van der Waals surface area (Å²) < 4.78 is 23.4. The maximum atomic E-state index is 13.0. The normalized spacial score (nSPS) is 18.5. The van der Waals surface area contributed by atoms with E-state index < -0.39 is 9.84 Å². The van der Waals surface area contributed by atoms with Crippen LogP contribution >= 0.6 is 0 Å². The van der Waals surface area contributed by atoms with Gasteiger partial charge in [-0.3, -0.25) is 4.79 Å². The number of sulfone groups is 1. The first-order chi connectivity index (χ1) is 11.9. The quantitative estimate of drug-likeness (QED) is 0.848. The summed E-state index contributed by atoms with van der Waals surface area (Å²) in [5, 5.41) is 9.34. The Bertz CT molecular complexity index is 961. The van der Waals surface area contributed by atoms with Crippen molar-refractivity contribution in [2.75, 3.05) is 18.6 Å². The third-order valence-electron chi connectivity index (χ3n) is 4.57. The monoisotopic (exact) mass is 354 g/mol. The second-order valence-electron chi connectivity index (χ2n) is 6.18. The molecule has 2 aromatic rings. The van der Waals surface area contributed by atoms with Crippen molar-refractivity contribution in [3.05, 3.63) is 59.7 Å². The number of carbonyl (C=O) groups excluding carboxylic acids is 1. The van der Waals surface area contributed by atoms with E-state index in [0.717, 1.165) is 0 Å². The highest BCUT2D eigenvalue weighted by Gasteiger charge is 2.33. The molecule has 0 bridgehead atoms. The number of hydrogen-bond acceptors (Lipinski definition) is 4. The molecule has 1 saturated heterocycles. The molecule has 0 aliphatic carbocycles. The fraction of sp³-hybridized carbons (Fsp3) is 0.263. The van der Waals surface area contributed by atoms with Crippen molar-refractivity contribution >= 4 is 15.7 Å². The van der Waals surface area contributed by atoms with E-state index in [4.69, 9.17) is 0 Å². The van der Waals surface area contributed by atoms with Crippen molar-refractivity contribution in [2.24, 2.45) is 0 Å². The summed E-state index contributed by atoms with van der Waals surface area (Å²) in [6.45, 7) is 0. The average molecular weight is 354 g/mol. The highest BCUT2D eigenvalue weighted by atomic mass is 32.2. The van der Waals surface area contributed by atoms with E-state index in [2.05, 4.69) is 6.07 Å². The third-order valence-corrected chi connectivity index (χ3v) is 6.32. The molecule has 1 amide bonds. The van der Waals surface area contributed by atoms with Gasteiger partial charge in [0.1, 0.15) is 0 Å². The van der Waals surface area contributed by atoms with Gasteiger partial charge in [0.2, 0.25) is 0 Å². The number of rotatable bonds is 3. The first kappa shape index (κ1) is 17.2. The Hall–Kier alpha value is -2.65. The number of nitriles is 1. The summed E-state index contributed by atoms with van der Waals surface area (Å²) >= 11 is 0. The summed E-state index contributed by atoms with van der Waals surface area (Å²) in [6.07, 6.45) is 0.460. The summed E-state index contributed by atoms with van der Waals surface area (Å²) in [6, 6.07) is 16.1. The molecule has 1 atom stereocenters. The molecule has 1 fully saturated rings. The summed E-state index contributed by atoms with van der Waals surface area (Å²) in [5.41, 5.74) is 2.34. The van der Waals surface area contributed by atoms with E-state index in [1.54, 1.807) is 31.3 Å². The number of carbonyl (C=O) groups is 1. The first-order valence-electron chi connectivity index (χ1n) is 7.99. The second kappa shape index (κ2) is 6.69. The molecule has 1 heterocycles. The lowest BCUT2D eigenvalue weighted by molar-refractivity contribution is 0.0748. The molecule has 0 saturated carbocycles. The topological polar surface area (TPSA) is 78.2 Å². The molecular weight excluding hydrogens is 336 g/mol. The van der Waals surface area contributed by atoms with Crippen molar-refractivity contribution in [2.45, 2.75) is 12.5 Å². The van der Waals surface area contributed by atoms with E-state index in [1.165, 1.54) is 4.90 Å².